The fourth-order valence-electron chi connectivity index (χ4n) is 4.31. The highest BCUT2D eigenvalue weighted by Crippen LogP contribution is 2.39. The maximum Gasteiger partial charge on any atom is 0.338 e. The van der Waals surface area contributed by atoms with Gasteiger partial charge in [0, 0.05) is 17.7 Å². The number of esters is 1. The van der Waals surface area contributed by atoms with Crippen LogP contribution in [0.15, 0.2) is 69.9 Å². The molecule has 0 unspecified atom stereocenters. The minimum atomic E-state index is -1.92. The molecule has 1 fully saturated rings. The largest absolute Gasteiger partial charge is 0.508 e. The Morgan fingerprint density at radius 3 is 2.27 bits per heavy atom. The number of hydrogen-bond acceptors (Lipinski definition) is 13. The summed E-state index contributed by atoms with van der Waals surface area (Å²) in [4.78, 5) is 25.9. The van der Waals surface area contributed by atoms with Crippen molar-refractivity contribution in [3.63, 3.8) is 0 Å². The lowest BCUT2D eigenvalue weighted by molar-refractivity contribution is -0.277. The Morgan fingerprint density at radius 1 is 0.829 bits per heavy atom. The first-order valence-corrected chi connectivity index (χ1v) is 12.2. The highest BCUT2D eigenvalue weighted by molar-refractivity contribution is 5.89. The molecule has 1 saturated heterocycles. The van der Waals surface area contributed by atoms with Crippen LogP contribution in [0.1, 0.15) is 10.4 Å². The molecule has 3 aromatic carbocycles. The van der Waals surface area contributed by atoms with Crippen molar-refractivity contribution in [2.24, 2.45) is 0 Å². The molecular formula is C28H24O13. The Balaban J connectivity index is 1.51. The number of carbonyl (C=O) groups is 1. The fraction of sp³-hybridized carbons (Fsp3) is 0.214. The first kappa shape index (κ1) is 27.7. The number of phenolic OH excluding ortho intramolecular Hbond substituents is 4. The predicted octanol–water partition coefficient (Wildman–Crippen LogP) is 1.33. The number of aliphatic hydroxyl groups excluding tert-OH is 3. The number of carbonyl (C=O) groups excluding carboxylic acids is 1. The van der Waals surface area contributed by atoms with Crippen LogP contribution in [0.4, 0.5) is 0 Å². The molecule has 0 aliphatic carbocycles. The van der Waals surface area contributed by atoms with Crippen molar-refractivity contribution in [3.05, 3.63) is 76.5 Å². The molecule has 0 saturated carbocycles. The normalized spacial score (nSPS) is 22.4. The standard InChI is InChI=1S/C28H24O13/c29-14-9-17(32)20-18(10-14)39-25(13-6-7-15(30)16(31)8-13)26(22(20)34)41-28-24(36)23(35)21(33)19(40-28)11-38-27(37)12-4-2-1-3-5-12/h1-10,19,21,23-24,28-33,35-36H,11H2/t19-,21+,23+,24-,28+/m1/s1. The third-order valence-corrected chi connectivity index (χ3v) is 6.45. The smallest absolute Gasteiger partial charge is 0.338 e. The van der Waals surface area contributed by atoms with Crippen molar-refractivity contribution >= 4 is 16.9 Å². The van der Waals surface area contributed by atoms with Crippen LogP contribution in [0.25, 0.3) is 22.3 Å². The first-order valence-electron chi connectivity index (χ1n) is 12.2. The van der Waals surface area contributed by atoms with Gasteiger partial charge in [-0.25, -0.2) is 4.79 Å². The highest BCUT2D eigenvalue weighted by Gasteiger charge is 2.46. The van der Waals surface area contributed by atoms with E-state index in [0.717, 1.165) is 24.3 Å². The van der Waals surface area contributed by atoms with E-state index in [9.17, 15) is 45.3 Å². The van der Waals surface area contributed by atoms with E-state index < -0.39 is 82.8 Å². The van der Waals surface area contributed by atoms with Crippen LogP contribution in [0, 0.1) is 0 Å². The molecule has 1 aromatic heterocycles. The van der Waals surface area contributed by atoms with Gasteiger partial charge in [-0.05, 0) is 30.3 Å². The lowest BCUT2D eigenvalue weighted by Crippen LogP contribution is -2.60. The van der Waals surface area contributed by atoms with Crippen LogP contribution < -0.4 is 10.2 Å². The summed E-state index contributed by atoms with van der Waals surface area (Å²) in [5, 5.41) is 71.1. The SMILES string of the molecule is O=C(OC[C@H]1O[C@@H](Oc2c(-c3ccc(O)c(O)c3)oc3cc(O)cc(O)c3c2=O)[C@H](O)[C@@H](O)[C@H]1O)c1ccccc1. The molecule has 5 atom stereocenters. The van der Waals surface area contributed by atoms with Crippen LogP contribution in [-0.4, -0.2) is 79.0 Å². The molecule has 13 heteroatoms. The number of aliphatic hydroxyl groups is 3. The van der Waals surface area contributed by atoms with Crippen molar-refractivity contribution in [3.8, 4) is 40.1 Å². The van der Waals surface area contributed by atoms with Gasteiger partial charge in [0.15, 0.2) is 17.3 Å². The van der Waals surface area contributed by atoms with Crippen molar-refractivity contribution in [1.29, 1.82) is 0 Å². The zero-order valence-electron chi connectivity index (χ0n) is 20.9. The molecule has 214 valence electrons. The van der Waals surface area contributed by atoms with E-state index in [2.05, 4.69) is 0 Å². The zero-order chi connectivity index (χ0) is 29.4. The Morgan fingerprint density at radius 2 is 1.56 bits per heavy atom. The van der Waals surface area contributed by atoms with E-state index >= 15 is 0 Å². The van der Waals surface area contributed by atoms with Crippen LogP contribution in [0.5, 0.6) is 28.7 Å². The molecule has 41 heavy (non-hydrogen) atoms. The lowest BCUT2D eigenvalue weighted by Gasteiger charge is -2.39. The monoisotopic (exact) mass is 568 g/mol. The third kappa shape index (κ3) is 5.34. The van der Waals surface area contributed by atoms with Gasteiger partial charge >= 0.3 is 5.97 Å². The van der Waals surface area contributed by atoms with E-state index in [4.69, 9.17) is 18.6 Å². The number of benzene rings is 3. The van der Waals surface area contributed by atoms with Crippen LogP contribution in [0.3, 0.4) is 0 Å². The van der Waals surface area contributed by atoms with Gasteiger partial charge in [0.1, 0.15) is 53.5 Å². The Hall–Kier alpha value is -4.82. The van der Waals surface area contributed by atoms with Crippen molar-refractivity contribution in [1.82, 2.24) is 0 Å². The fourth-order valence-corrected chi connectivity index (χ4v) is 4.31. The molecular weight excluding hydrogens is 544 g/mol. The second-order valence-electron chi connectivity index (χ2n) is 9.23. The van der Waals surface area contributed by atoms with Crippen LogP contribution >= 0.6 is 0 Å². The van der Waals surface area contributed by atoms with E-state index in [1.165, 1.54) is 18.2 Å². The van der Waals surface area contributed by atoms with Gasteiger partial charge in [0.25, 0.3) is 0 Å². The number of aromatic hydroxyl groups is 4. The average molecular weight is 568 g/mol. The highest BCUT2D eigenvalue weighted by atomic mass is 16.7. The number of fused-ring (bicyclic) bond motifs is 1. The summed E-state index contributed by atoms with van der Waals surface area (Å²) in [7, 11) is 0. The Labute approximate surface area is 230 Å². The van der Waals surface area contributed by atoms with Gasteiger partial charge in [0.05, 0.1) is 5.56 Å². The molecule has 7 N–H and O–H groups in total. The van der Waals surface area contributed by atoms with Gasteiger partial charge in [0.2, 0.25) is 17.5 Å². The summed E-state index contributed by atoms with van der Waals surface area (Å²) >= 11 is 0. The van der Waals surface area contributed by atoms with Crippen LogP contribution in [0.2, 0.25) is 0 Å². The summed E-state index contributed by atoms with van der Waals surface area (Å²) in [5.41, 5.74) is -1.05. The van der Waals surface area contributed by atoms with Gasteiger partial charge in [-0.1, -0.05) is 18.2 Å². The molecule has 0 amide bonds. The lowest BCUT2D eigenvalue weighted by atomic mass is 9.99. The molecule has 1 aliphatic heterocycles. The van der Waals surface area contributed by atoms with Gasteiger partial charge in [-0.15, -0.1) is 0 Å². The minimum Gasteiger partial charge on any atom is -0.508 e. The first-order chi connectivity index (χ1) is 19.5. The topological polar surface area (TPSA) is 217 Å². The summed E-state index contributed by atoms with van der Waals surface area (Å²) < 4.78 is 22.2. The second-order valence-corrected chi connectivity index (χ2v) is 9.23. The van der Waals surface area contributed by atoms with Gasteiger partial charge in [-0.3, -0.25) is 4.79 Å². The maximum absolute atomic E-state index is 13.5. The van der Waals surface area contributed by atoms with Gasteiger partial charge in [-0.2, -0.15) is 0 Å². The average Bonchev–Trinajstić information content (AvgIpc) is 2.95. The van der Waals surface area contributed by atoms with E-state index in [1.54, 1.807) is 18.2 Å². The summed E-state index contributed by atoms with van der Waals surface area (Å²) in [5.74, 6) is -3.92. The molecule has 2 heterocycles. The molecule has 5 rings (SSSR count). The summed E-state index contributed by atoms with van der Waals surface area (Å²) in [6.45, 7) is -0.566. The van der Waals surface area contributed by atoms with Gasteiger partial charge < -0.3 is 54.4 Å². The number of hydrogen-bond donors (Lipinski definition) is 7. The molecule has 4 aromatic rings. The molecule has 1 aliphatic rings. The predicted molar refractivity (Wildman–Crippen MR) is 139 cm³/mol. The zero-order valence-corrected chi connectivity index (χ0v) is 20.9. The molecule has 0 spiro atoms. The number of rotatable bonds is 6. The molecule has 13 nitrogen and oxygen atoms in total. The Bertz CT molecular complexity index is 1650. The van der Waals surface area contributed by atoms with E-state index in [0.29, 0.717) is 0 Å². The van der Waals surface area contributed by atoms with E-state index in [-0.39, 0.29) is 22.5 Å². The van der Waals surface area contributed by atoms with Crippen molar-refractivity contribution < 1.29 is 59.2 Å². The third-order valence-electron chi connectivity index (χ3n) is 6.45. The van der Waals surface area contributed by atoms with Crippen molar-refractivity contribution in [2.45, 2.75) is 30.7 Å². The second kappa shape index (κ2) is 11.0. The summed E-state index contributed by atoms with van der Waals surface area (Å²) in [6, 6.07) is 13.3. The van der Waals surface area contributed by atoms with Crippen molar-refractivity contribution in [2.75, 3.05) is 6.61 Å². The van der Waals surface area contributed by atoms with Crippen LogP contribution in [-0.2, 0) is 9.47 Å². The Kier molecular flexibility index (Phi) is 7.43. The quantitative estimate of drug-likeness (QED) is 0.129. The number of ether oxygens (including phenoxy) is 3. The molecule has 0 radical (unpaired) electrons. The maximum atomic E-state index is 13.5. The van der Waals surface area contributed by atoms with E-state index in [1.807, 2.05) is 0 Å². The molecule has 0 bridgehead atoms. The number of phenols is 4. The minimum absolute atomic E-state index is 0.00337. The summed E-state index contributed by atoms with van der Waals surface area (Å²) in [6.07, 6.45) is -8.76.